The van der Waals surface area contributed by atoms with Gasteiger partial charge in [-0.05, 0) is 68.0 Å². The van der Waals surface area contributed by atoms with Gasteiger partial charge in [0.1, 0.15) is 11.5 Å². The second-order valence-electron chi connectivity index (χ2n) is 7.75. The van der Waals surface area contributed by atoms with E-state index in [-0.39, 0.29) is 22.5 Å². The summed E-state index contributed by atoms with van der Waals surface area (Å²) < 4.78 is 11.1. The second-order valence-corrected chi connectivity index (χ2v) is 8.16. The van der Waals surface area contributed by atoms with E-state index in [9.17, 15) is 9.90 Å². The van der Waals surface area contributed by atoms with E-state index < -0.39 is 5.91 Å². The van der Waals surface area contributed by atoms with Crippen LogP contribution in [0.25, 0.3) is 11.4 Å². The fraction of sp³-hybridized carbons (Fsp3) is 0.348. The number of phenolic OH excluding ortho intramolecular Hbond substituents is 1. The monoisotopic (exact) mass is 441 g/mol. The zero-order valence-electron chi connectivity index (χ0n) is 17.2. The van der Waals surface area contributed by atoms with E-state index in [0.717, 1.165) is 24.2 Å². The number of ether oxygens (including phenoxy) is 1. The Morgan fingerprint density at radius 3 is 2.68 bits per heavy atom. The average Bonchev–Trinajstić information content (AvgIpc) is 3.28. The Kier molecular flexibility index (Phi) is 6.42. The molecule has 0 aliphatic heterocycles. The fourth-order valence-corrected chi connectivity index (χ4v) is 3.88. The highest BCUT2D eigenvalue weighted by atomic mass is 35.5. The van der Waals surface area contributed by atoms with Crippen molar-refractivity contribution in [3.63, 3.8) is 0 Å². The lowest BCUT2D eigenvalue weighted by Gasteiger charge is -2.23. The van der Waals surface area contributed by atoms with E-state index in [1.807, 2.05) is 24.3 Å². The van der Waals surface area contributed by atoms with E-state index in [0.29, 0.717) is 23.8 Å². The SMILES string of the molecule is Cc1cc(-c2noc(C(=O)NCc3ccc(OC4CCCCC4)cc3)n2)cc(Cl)c1O. The zero-order chi connectivity index (χ0) is 21.8. The first-order chi connectivity index (χ1) is 15.0. The third-order valence-corrected chi connectivity index (χ3v) is 5.65. The number of hydrogen-bond acceptors (Lipinski definition) is 6. The number of nitrogens with one attached hydrogen (secondary N) is 1. The van der Waals surface area contributed by atoms with Crippen molar-refractivity contribution in [2.75, 3.05) is 0 Å². The van der Waals surface area contributed by atoms with Crippen LogP contribution in [0.2, 0.25) is 5.02 Å². The Bertz CT molecular complexity index is 1040. The third kappa shape index (κ3) is 5.17. The zero-order valence-corrected chi connectivity index (χ0v) is 18.0. The van der Waals surface area contributed by atoms with Gasteiger partial charge in [-0.3, -0.25) is 4.79 Å². The van der Waals surface area contributed by atoms with Crippen molar-refractivity contribution >= 4 is 17.5 Å². The molecule has 0 spiro atoms. The summed E-state index contributed by atoms with van der Waals surface area (Å²) in [5.74, 6) is 0.463. The number of carbonyl (C=O) groups is 1. The highest BCUT2D eigenvalue weighted by molar-refractivity contribution is 6.32. The number of aromatic nitrogens is 2. The predicted octanol–water partition coefficient (Wildman–Crippen LogP) is 5.05. The molecule has 0 unspecified atom stereocenters. The van der Waals surface area contributed by atoms with E-state index in [1.54, 1.807) is 13.0 Å². The summed E-state index contributed by atoms with van der Waals surface area (Å²) in [7, 11) is 0. The minimum atomic E-state index is -0.470. The molecule has 162 valence electrons. The molecule has 1 aliphatic carbocycles. The van der Waals surface area contributed by atoms with Gasteiger partial charge >= 0.3 is 11.8 Å². The van der Waals surface area contributed by atoms with Crippen molar-refractivity contribution in [3.8, 4) is 22.9 Å². The largest absolute Gasteiger partial charge is 0.506 e. The molecular formula is C23H24ClN3O4. The Morgan fingerprint density at radius 2 is 1.97 bits per heavy atom. The van der Waals surface area contributed by atoms with Crippen LogP contribution in [0, 0.1) is 6.92 Å². The van der Waals surface area contributed by atoms with Gasteiger partial charge < -0.3 is 19.7 Å². The third-order valence-electron chi connectivity index (χ3n) is 5.36. The lowest BCUT2D eigenvalue weighted by Crippen LogP contribution is -2.23. The average molecular weight is 442 g/mol. The topological polar surface area (TPSA) is 97.5 Å². The molecule has 4 rings (SSSR count). The van der Waals surface area contributed by atoms with Crippen molar-refractivity contribution in [2.24, 2.45) is 0 Å². The summed E-state index contributed by atoms with van der Waals surface area (Å²) in [6.07, 6.45) is 6.28. The smallest absolute Gasteiger partial charge is 0.316 e. The Morgan fingerprint density at radius 1 is 1.23 bits per heavy atom. The molecule has 1 aliphatic rings. The van der Waals surface area contributed by atoms with Crippen LogP contribution in [0.1, 0.15) is 53.9 Å². The summed E-state index contributed by atoms with van der Waals surface area (Å²) in [5, 5.41) is 16.6. The lowest BCUT2D eigenvalue weighted by molar-refractivity contribution is 0.0907. The number of rotatable bonds is 6. The summed E-state index contributed by atoms with van der Waals surface area (Å²) in [6, 6.07) is 10.9. The number of hydrogen-bond donors (Lipinski definition) is 2. The molecule has 3 aromatic rings. The minimum absolute atomic E-state index is 0.00189. The molecule has 1 aromatic heterocycles. The molecule has 2 aromatic carbocycles. The molecule has 0 bridgehead atoms. The molecule has 0 atom stereocenters. The Balaban J connectivity index is 1.34. The van der Waals surface area contributed by atoms with Gasteiger partial charge in [-0.1, -0.05) is 35.3 Å². The molecular weight excluding hydrogens is 418 g/mol. The van der Waals surface area contributed by atoms with Gasteiger partial charge in [-0.2, -0.15) is 4.98 Å². The highest BCUT2D eigenvalue weighted by Gasteiger charge is 2.18. The molecule has 7 nitrogen and oxygen atoms in total. The normalized spacial score (nSPS) is 14.4. The molecule has 8 heteroatoms. The molecule has 31 heavy (non-hydrogen) atoms. The maximum Gasteiger partial charge on any atom is 0.316 e. The van der Waals surface area contributed by atoms with Gasteiger partial charge in [0.15, 0.2) is 0 Å². The molecule has 2 N–H and O–H groups in total. The van der Waals surface area contributed by atoms with E-state index in [2.05, 4.69) is 15.5 Å². The number of nitrogens with zero attached hydrogens (tertiary/aromatic N) is 2. The second kappa shape index (κ2) is 9.39. The maximum atomic E-state index is 12.4. The minimum Gasteiger partial charge on any atom is -0.506 e. The van der Waals surface area contributed by atoms with Gasteiger partial charge in [0, 0.05) is 12.1 Å². The summed E-state index contributed by atoms with van der Waals surface area (Å²) in [4.78, 5) is 16.5. The van der Waals surface area contributed by atoms with E-state index in [4.69, 9.17) is 20.9 Å². The van der Waals surface area contributed by atoms with Crippen LogP contribution in [0.15, 0.2) is 40.9 Å². The van der Waals surface area contributed by atoms with Crippen LogP contribution < -0.4 is 10.1 Å². The molecule has 0 radical (unpaired) electrons. The summed E-state index contributed by atoms with van der Waals surface area (Å²) in [6.45, 7) is 2.04. The van der Waals surface area contributed by atoms with Crippen molar-refractivity contribution in [1.29, 1.82) is 0 Å². The van der Waals surface area contributed by atoms with Crippen LogP contribution in [0.4, 0.5) is 0 Å². The fourth-order valence-electron chi connectivity index (χ4n) is 3.62. The van der Waals surface area contributed by atoms with Crippen molar-refractivity contribution in [2.45, 2.75) is 51.7 Å². The molecule has 1 heterocycles. The molecule has 1 saturated carbocycles. The summed E-state index contributed by atoms with van der Waals surface area (Å²) in [5.41, 5.74) is 2.07. The van der Waals surface area contributed by atoms with Crippen molar-refractivity contribution < 1.29 is 19.2 Å². The Labute approximate surface area is 185 Å². The number of aryl methyl sites for hydroxylation is 1. The first-order valence-corrected chi connectivity index (χ1v) is 10.7. The first kappa shape index (κ1) is 21.2. The quantitative estimate of drug-likeness (QED) is 0.555. The van der Waals surface area contributed by atoms with Crippen molar-refractivity contribution in [1.82, 2.24) is 15.5 Å². The van der Waals surface area contributed by atoms with Crippen LogP contribution in [-0.4, -0.2) is 27.3 Å². The number of aromatic hydroxyl groups is 1. The lowest BCUT2D eigenvalue weighted by atomic mass is 9.98. The number of carbonyl (C=O) groups excluding carboxylic acids is 1. The number of benzene rings is 2. The maximum absolute atomic E-state index is 12.4. The molecule has 0 saturated heterocycles. The van der Waals surface area contributed by atoms with Crippen LogP contribution in [0.5, 0.6) is 11.5 Å². The highest BCUT2D eigenvalue weighted by Crippen LogP contribution is 2.32. The van der Waals surface area contributed by atoms with Gasteiger partial charge in [-0.25, -0.2) is 0 Å². The molecule has 1 amide bonds. The number of halogens is 1. The predicted molar refractivity (Wildman–Crippen MR) is 116 cm³/mol. The van der Waals surface area contributed by atoms with Gasteiger partial charge in [-0.15, -0.1) is 0 Å². The van der Waals surface area contributed by atoms with Crippen LogP contribution in [0.3, 0.4) is 0 Å². The van der Waals surface area contributed by atoms with Gasteiger partial charge in [0.2, 0.25) is 5.82 Å². The van der Waals surface area contributed by atoms with Crippen molar-refractivity contribution in [3.05, 3.63) is 58.4 Å². The van der Waals surface area contributed by atoms with Gasteiger partial charge in [0.25, 0.3) is 0 Å². The number of phenols is 1. The van der Waals surface area contributed by atoms with Crippen LogP contribution >= 0.6 is 11.6 Å². The van der Waals surface area contributed by atoms with Gasteiger partial charge in [0.05, 0.1) is 11.1 Å². The summed E-state index contributed by atoms with van der Waals surface area (Å²) >= 11 is 6.00. The first-order valence-electron chi connectivity index (χ1n) is 10.4. The standard InChI is InChI=1S/C23H24ClN3O4/c1-14-11-16(12-19(24)20(14)28)21-26-23(31-27-21)22(29)25-13-15-7-9-18(10-8-15)30-17-5-3-2-4-6-17/h7-12,17,28H,2-6,13H2,1H3,(H,25,29). The van der Waals surface area contributed by atoms with E-state index in [1.165, 1.54) is 25.3 Å². The van der Waals surface area contributed by atoms with E-state index >= 15 is 0 Å². The Hall–Kier alpha value is -3.06. The molecule has 1 fully saturated rings. The van der Waals surface area contributed by atoms with Crippen LogP contribution in [-0.2, 0) is 6.54 Å². The number of amides is 1.